The third-order valence-electron chi connectivity index (χ3n) is 1.94. The van der Waals surface area contributed by atoms with E-state index in [1.807, 2.05) is 6.07 Å². The zero-order valence-electron chi connectivity index (χ0n) is 7.64. The van der Waals surface area contributed by atoms with Crippen LogP contribution in [0.1, 0.15) is 12.5 Å². The number of nitrogen functional groups attached to an aromatic ring is 1. The Morgan fingerprint density at radius 1 is 1.54 bits per heavy atom. The quantitative estimate of drug-likeness (QED) is 0.608. The van der Waals surface area contributed by atoms with Gasteiger partial charge >= 0.3 is 0 Å². The van der Waals surface area contributed by atoms with Crippen molar-refractivity contribution in [1.82, 2.24) is 4.98 Å². The summed E-state index contributed by atoms with van der Waals surface area (Å²) in [5, 5.41) is 9.17. The lowest BCUT2D eigenvalue weighted by Gasteiger charge is -2.13. The number of pyridine rings is 1. The monoisotopic (exact) mass is 181 g/mol. The molecule has 1 rings (SSSR count). The fourth-order valence-electron chi connectivity index (χ4n) is 0.999. The Kier molecular flexibility index (Phi) is 3.22. The van der Waals surface area contributed by atoms with Gasteiger partial charge in [0.05, 0.1) is 6.10 Å². The Balaban J connectivity index is 2.59. The minimum atomic E-state index is -0.502. The zero-order valence-corrected chi connectivity index (χ0v) is 7.64. The van der Waals surface area contributed by atoms with Gasteiger partial charge in [0.25, 0.3) is 0 Å². The van der Waals surface area contributed by atoms with E-state index in [-0.39, 0.29) is 6.04 Å². The zero-order chi connectivity index (χ0) is 9.84. The van der Waals surface area contributed by atoms with E-state index in [2.05, 4.69) is 4.98 Å². The standard InChI is InChI=1S/C9H15N3O/c1-6(13)8(10)4-7-2-3-9(11)12-5-7/h2-3,5-6,8,13H,4,10H2,1H3,(H2,11,12). The second-order valence-electron chi connectivity index (χ2n) is 3.20. The van der Waals surface area contributed by atoms with Crippen molar-refractivity contribution in [2.45, 2.75) is 25.5 Å². The van der Waals surface area contributed by atoms with Gasteiger partial charge in [-0.1, -0.05) is 6.07 Å². The molecule has 5 N–H and O–H groups in total. The molecular formula is C9H15N3O. The Hall–Kier alpha value is -1.13. The first-order valence-corrected chi connectivity index (χ1v) is 4.23. The van der Waals surface area contributed by atoms with Gasteiger partial charge in [0.15, 0.2) is 0 Å². The summed E-state index contributed by atoms with van der Waals surface area (Å²) >= 11 is 0. The van der Waals surface area contributed by atoms with Crippen LogP contribution in [0.2, 0.25) is 0 Å². The Morgan fingerprint density at radius 2 is 2.23 bits per heavy atom. The van der Waals surface area contributed by atoms with Gasteiger partial charge in [-0.15, -0.1) is 0 Å². The Labute approximate surface area is 77.6 Å². The minimum absolute atomic E-state index is 0.245. The maximum Gasteiger partial charge on any atom is 0.123 e. The van der Waals surface area contributed by atoms with E-state index in [1.165, 1.54) is 0 Å². The van der Waals surface area contributed by atoms with E-state index < -0.39 is 6.10 Å². The van der Waals surface area contributed by atoms with Crippen LogP contribution in [-0.4, -0.2) is 22.2 Å². The van der Waals surface area contributed by atoms with Crippen LogP contribution in [0.25, 0.3) is 0 Å². The summed E-state index contributed by atoms with van der Waals surface area (Å²) in [6.45, 7) is 1.68. The number of nitrogens with two attached hydrogens (primary N) is 2. The molecule has 0 aliphatic rings. The minimum Gasteiger partial charge on any atom is -0.392 e. The molecule has 0 aliphatic heterocycles. The van der Waals surface area contributed by atoms with Crippen LogP contribution in [0.15, 0.2) is 18.3 Å². The molecule has 0 bridgehead atoms. The lowest BCUT2D eigenvalue weighted by molar-refractivity contribution is 0.163. The average molecular weight is 181 g/mol. The first-order valence-electron chi connectivity index (χ1n) is 4.23. The molecule has 0 amide bonds. The SMILES string of the molecule is CC(O)C(N)Cc1ccc(N)nc1. The van der Waals surface area contributed by atoms with Crippen LogP contribution in [-0.2, 0) is 6.42 Å². The lowest BCUT2D eigenvalue weighted by Crippen LogP contribution is -2.34. The smallest absolute Gasteiger partial charge is 0.123 e. The van der Waals surface area contributed by atoms with Crippen LogP contribution in [0, 0.1) is 0 Å². The molecule has 0 fully saturated rings. The highest BCUT2D eigenvalue weighted by atomic mass is 16.3. The van der Waals surface area contributed by atoms with Crippen molar-refractivity contribution in [1.29, 1.82) is 0 Å². The van der Waals surface area contributed by atoms with Crippen molar-refractivity contribution < 1.29 is 5.11 Å². The molecule has 4 heteroatoms. The normalized spacial score (nSPS) is 15.3. The number of hydrogen-bond donors (Lipinski definition) is 3. The van der Waals surface area contributed by atoms with E-state index >= 15 is 0 Å². The molecule has 13 heavy (non-hydrogen) atoms. The van der Waals surface area contributed by atoms with Gasteiger partial charge in [-0.25, -0.2) is 4.98 Å². The number of hydrogen-bond acceptors (Lipinski definition) is 4. The van der Waals surface area contributed by atoms with Crippen molar-refractivity contribution in [3.63, 3.8) is 0 Å². The summed E-state index contributed by atoms with van der Waals surface area (Å²) in [5.41, 5.74) is 12.1. The van der Waals surface area contributed by atoms with Crippen molar-refractivity contribution in [2.75, 3.05) is 5.73 Å². The molecule has 1 aromatic heterocycles. The molecule has 0 saturated heterocycles. The van der Waals surface area contributed by atoms with Crippen molar-refractivity contribution in [2.24, 2.45) is 5.73 Å². The maximum atomic E-state index is 9.17. The van der Waals surface area contributed by atoms with Crippen LogP contribution < -0.4 is 11.5 Å². The molecule has 0 aliphatic carbocycles. The fourth-order valence-corrected chi connectivity index (χ4v) is 0.999. The number of aliphatic hydroxyl groups is 1. The molecule has 2 atom stereocenters. The highest BCUT2D eigenvalue weighted by Crippen LogP contribution is 2.05. The fraction of sp³-hybridized carbons (Fsp3) is 0.444. The summed E-state index contributed by atoms with van der Waals surface area (Å²) in [5.74, 6) is 0.495. The van der Waals surface area contributed by atoms with E-state index in [1.54, 1.807) is 19.2 Å². The van der Waals surface area contributed by atoms with E-state index in [4.69, 9.17) is 16.6 Å². The van der Waals surface area contributed by atoms with Crippen molar-refractivity contribution >= 4 is 5.82 Å². The number of nitrogens with zero attached hydrogens (tertiary/aromatic N) is 1. The first-order chi connectivity index (χ1) is 6.09. The Bertz CT molecular complexity index is 258. The summed E-state index contributed by atoms with van der Waals surface area (Å²) in [7, 11) is 0. The second kappa shape index (κ2) is 4.20. The van der Waals surface area contributed by atoms with Crippen LogP contribution in [0.4, 0.5) is 5.82 Å². The number of aromatic nitrogens is 1. The van der Waals surface area contributed by atoms with Gasteiger partial charge in [0, 0.05) is 12.2 Å². The van der Waals surface area contributed by atoms with E-state index in [0.717, 1.165) is 5.56 Å². The van der Waals surface area contributed by atoms with Gasteiger partial charge in [-0.3, -0.25) is 0 Å². The second-order valence-corrected chi connectivity index (χ2v) is 3.20. The number of aliphatic hydroxyl groups excluding tert-OH is 1. The highest BCUT2D eigenvalue weighted by Gasteiger charge is 2.09. The molecule has 1 heterocycles. The highest BCUT2D eigenvalue weighted by molar-refractivity contribution is 5.29. The molecule has 4 nitrogen and oxygen atoms in total. The lowest BCUT2D eigenvalue weighted by atomic mass is 10.0. The predicted octanol–water partition coefficient (Wildman–Crippen LogP) is -0.0856. The van der Waals surface area contributed by atoms with Gasteiger partial charge in [-0.2, -0.15) is 0 Å². The molecule has 0 radical (unpaired) electrons. The molecular weight excluding hydrogens is 166 g/mol. The van der Waals surface area contributed by atoms with E-state index in [0.29, 0.717) is 12.2 Å². The van der Waals surface area contributed by atoms with Gasteiger partial charge in [0.2, 0.25) is 0 Å². The average Bonchev–Trinajstić information content (AvgIpc) is 2.08. The van der Waals surface area contributed by atoms with Crippen LogP contribution in [0.5, 0.6) is 0 Å². The van der Waals surface area contributed by atoms with Crippen LogP contribution in [0.3, 0.4) is 0 Å². The summed E-state index contributed by atoms with van der Waals surface area (Å²) in [6, 6.07) is 3.35. The summed E-state index contributed by atoms with van der Waals surface area (Å²) in [6.07, 6.45) is 1.79. The van der Waals surface area contributed by atoms with Gasteiger partial charge in [0.1, 0.15) is 5.82 Å². The summed E-state index contributed by atoms with van der Waals surface area (Å²) < 4.78 is 0. The van der Waals surface area contributed by atoms with Gasteiger partial charge < -0.3 is 16.6 Å². The largest absolute Gasteiger partial charge is 0.392 e. The number of anilines is 1. The topological polar surface area (TPSA) is 85.2 Å². The molecule has 1 aromatic rings. The number of rotatable bonds is 3. The van der Waals surface area contributed by atoms with E-state index in [9.17, 15) is 0 Å². The molecule has 0 aromatic carbocycles. The molecule has 72 valence electrons. The van der Waals surface area contributed by atoms with Crippen LogP contribution >= 0.6 is 0 Å². The van der Waals surface area contributed by atoms with Gasteiger partial charge in [-0.05, 0) is 25.0 Å². The third kappa shape index (κ3) is 3.01. The first kappa shape index (κ1) is 9.95. The maximum absolute atomic E-state index is 9.17. The summed E-state index contributed by atoms with van der Waals surface area (Å²) in [4.78, 5) is 3.93. The van der Waals surface area contributed by atoms with Crippen molar-refractivity contribution in [3.8, 4) is 0 Å². The Morgan fingerprint density at radius 3 is 2.69 bits per heavy atom. The predicted molar refractivity (Wildman–Crippen MR) is 52.0 cm³/mol. The van der Waals surface area contributed by atoms with Crippen molar-refractivity contribution in [3.05, 3.63) is 23.9 Å². The molecule has 2 unspecified atom stereocenters. The molecule has 0 saturated carbocycles. The third-order valence-corrected chi connectivity index (χ3v) is 1.94. The molecule has 0 spiro atoms.